The van der Waals surface area contributed by atoms with Crippen LogP contribution < -0.4 is 0 Å². The van der Waals surface area contributed by atoms with Gasteiger partial charge in [-0.15, -0.1) is 11.8 Å². The minimum atomic E-state index is -1.04. The minimum absolute atomic E-state index is 0.0244. The van der Waals surface area contributed by atoms with Crippen molar-refractivity contribution in [3.05, 3.63) is 0 Å². The van der Waals surface area contributed by atoms with Gasteiger partial charge in [-0.2, -0.15) is 0 Å². The lowest BCUT2D eigenvalue weighted by Crippen LogP contribution is -2.47. The maximum Gasteiger partial charge on any atom is 0.323 e. The summed E-state index contributed by atoms with van der Waals surface area (Å²) in [6.45, 7) is 3.36. The average molecular weight is 274 g/mol. The first-order chi connectivity index (χ1) is 8.45. The number of thioether (sulfide) groups is 1. The highest BCUT2D eigenvalue weighted by molar-refractivity contribution is 8.00. The van der Waals surface area contributed by atoms with Crippen molar-refractivity contribution in [1.29, 1.82) is 0 Å². The van der Waals surface area contributed by atoms with Crippen LogP contribution in [0.3, 0.4) is 0 Å². The van der Waals surface area contributed by atoms with E-state index in [9.17, 15) is 14.4 Å². The lowest BCUT2D eigenvalue weighted by atomic mass is 10.2. The van der Waals surface area contributed by atoms with E-state index in [4.69, 9.17) is 5.11 Å². The summed E-state index contributed by atoms with van der Waals surface area (Å²) in [7, 11) is 0. The van der Waals surface area contributed by atoms with Crippen LogP contribution in [0, 0.1) is 0 Å². The Morgan fingerprint density at radius 1 is 1.56 bits per heavy atom. The molecule has 0 radical (unpaired) electrons. The van der Waals surface area contributed by atoms with Crippen molar-refractivity contribution in [1.82, 2.24) is 9.80 Å². The van der Waals surface area contributed by atoms with Crippen molar-refractivity contribution < 1.29 is 19.5 Å². The summed E-state index contributed by atoms with van der Waals surface area (Å²) in [5.74, 6) is -0.497. The van der Waals surface area contributed by atoms with Crippen LogP contribution >= 0.6 is 11.8 Å². The van der Waals surface area contributed by atoms with Gasteiger partial charge in [0.1, 0.15) is 13.1 Å². The van der Waals surface area contributed by atoms with Crippen LogP contribution in [-0.2, 0) is 14.4 Å². The van der Waals surface area contributed by atoms with E-state index in [-0.39, 0.29) is 30.9 Å². The molecule has 0 bridgehead atoms. The molecule has 1 N–H and O–H groups in total. The van der Waals surface area contributed by atoms with E-state index < -0.39 is 5.97 Å². The molecule has 1 aliphatic heterocycles. The molecule has 6 nitrogen and oxygen atoms in total. The number of carboxylic acid groups (broad SMARTS) is 1. The Morgan fingerprint density at radius 2 is 2.22 bits per heavy atom. The fourth-order valence-corrected chi connectivity index (χ4v) is 2.55. The van der Waals surface area contributed by atoms with E-state index in [1.54, 1.807) is 6.92 Å². The molecule has 0 saturated carbocycles. The molecule has 0 aromatic rings. The summed E-state index contributed by atoms with van der Waals surface area (Å²) in [6, 6.07) is -0.140. The Morgan fingerprint density at radius 3 is 2.67 bits per heavy atom. The zero-order valence-electron chi connectivity index (χ0n) is 10.6. The molecule has 0 spiro atoms. The van der Waals surface area contributed by atoms with Crippen LogP contribution in [0.1, 0.15) is 20.3 Å². The molecular formula is C11H18N2O4S. The van der Waals surface area contributed by atoms with Crippen LogP contribution in [0.15, 0.2) is 0 Å². The monoisotopic (exact) mass is 274 g/mol. The van der Waals surface area contributed by atoms with Crippen molar-refractivity contribution in [3.63, 3.8) is 0 Å². The maximum atomic E-state index is 12.0. The molecule has 1 atom stereocenters. The second kappa shape index (κ2) is 6.63. The number of nitrogens with zero attached hydrogens (tertiary/aromatic N) is 2. The normalized spacial score (nSPS) is 16.8. The molecule has 0 aromatic heterocycles. The predicted octanol–water partition coefficient (Wildman–Crippen LogP) is 0.231. The topological polar surface area (TPSA) is 77.9 Å². The Balaban J connectivity index is 2.63. The van der Waals surface area contributed by atoms with Crippen molar-refractivity contribution in [2.45, 2.75) is 26.3 Å². The minimum Gasteiger partial charge on any atom is -0.480 e. The van der Waals surface area contributed by atoms with Crippen LogP contribution in [0.5, 0.6) is 0 Å². The highest BCUT2D eigenvalue weighted by Crippen LogP contribution is 2.15. The zero-order chi connectivity index (χ0) is 13.7. The Hall–Kier alpha value is -1.24. The molecule has 1 heterocycles. The number of carbonyl (C=O) groups is 3. The Labute approximate surface area is 110 Å². The quantitative estimate of drug-likeness (QED) is 0.750. The molecule has 1 aliphatic rings. The SMILES string of the molecule is CCC(C)N(CC(=O)O)C(=O)CN1CSCC1=O. The van der Waals surface area contributed by atoms with Gasteiger partial charge in [-0.1, -0.05) is 6.92 Å². The third kappa shape index (κ3) is 3.90. The van der Waals surface area contributed by atoms with Gasteiger partial charge in [0, 0.05) is 6.04 Å². The number of carbonyl (C=O) groups excluding carboxylic acids is 2. The van der Waals surface area contributed by atoms with Gasteiger partial charge < -0.3 is 14.9 Å². The van der Waals surface area contributed by atoms with Crippen LogP contribution in [0.4, 0.5) is 0 Å². The number of carboxylic acids is 1. The lowest BCUT2D eigenvalue weighted by molar-refractivity contribution is -0.147. The third-order valence-corrected chi connectivity index (χ3v) is 3.85. The summed E-state index contributed by atoms with van der Waals surface area (Å²) >= 11 is 1.46. The zero-order valence-corrected chi connectivity index (χ0v) is 11.4. The van der Waals surface area contributed by atoms with Crippen LogP contribution in [0.25, 0.3) is 0 Å². The first-order valence-electron chi connectivity index (χ1n) is 5.82. The first kappa shape index (κ1) is 14.8. The van der Waals surface area contributed by atoms with Crippen molar-refractivity contribution in [3.8, 4) is 0 Å². The number of rotatable bonds is 6. The lowest BCUT2D eigenvalue weighted by Gasteiger charge is -2.28. The number of amides is 2. The summed E-state index contributed by atoms with van der Waals surface area (Å²) in [4.78, 5) is 37.0. The van der Waals surface area contributed by atoms with Gasteiger partial charge >= 0.3 is 5.97 Å². The second-order valence-electron chi connectivity index (χ2n) is 4.24. The molecule has 1 fully saturated rings. The van der Waals surface area contributed by atoms with Crippen molar-refractivity contribution in [2.75, 3.05) is 24.7 Å². The van der Waals surface area contributed by atoms with Gasteiger partial charge in [0.05, 0.1) is 11.6 Å². The number of hydrogen-bond donors (Lipinski definition) is 1. The molecule has 18 heavy (non-hydrogen) atoms. The molecule has 1 saturated heterocycles. The molecule has 2 amide bonds. The van der Waals surface area contributed by atoms with E-state index >= 15 is 0 Å². The second-order valence-corrected chi connectivity index (χ2v) is 5.20. The molecule has 102 valence electrons. The molecule has 0 aliphatic carbocycles. The van der Waals surface area contributed by atoms with Gasteiger partial charge in [-0.25, -0.2) is 0 Å². The predicted molar refractivity (Wildman–Crippen MR) is 68.1 cm³/mol. The van der Waals surface area contributed by atoms with E-state index in [0.29, 0.717) is 18.1 Å². The van der Waals surface area contributed by atoms with Crippen molar-refractivity contribution >= 4 is 29.5 Å². The summed E-state index contributed by atoms with van der Waals surface area (Å²) in [5.41, 5.74) is 0. The standard InChI is InChI=1S/C11H18N2O4S/c1-3-8(2)13(5-11(16)17)9(14)4-12-7-18-6-10(12)15/h8H,3-7H2,1-2H3,(H,16,17). The third-order valence-electron chi connectivity index (χ3n) is 2.90. The molecule has 1 unspecified atom stereocenters. The van der Waals surface area contributed by atoms with E-state index in [2.05, 4.69) is 0 Å². The summed E-state index contributed by atoms with van der Waals surface area (Å²) in [5, 5.41) is 8.81. The molecule has 1 rings (SSSR count). The highest BCUT2D eigenvalue weighted by Gasteiger charge is 2.27. The van der Waals surface area contributed by atoms with E-state index in [0.717, 1.165) is 0 Å². The van der Waals surface area contributed by atoms with Crippen LogP contribution in [-0.4, -0.2) is 63.5 Å². The van der Waals surface area contributed by atoms with Gasteiger partial charge in [0.2, 0.25) is 11.8 Å². The van der Waals surface area contributed by atoms with E-state index in [1.807, 2.05) is 6.92 Å². The average Bonchev–Trinajstić information content (AvgIpc) is 2.70. The number of aliphatic carboxylic acids is 1. The smallest absolute Gasteiger partial charge is 0.323 e. The van der Waals surface area contributed by atoms with Gasteiger partial charge in [-0.3, -0.25) is 14.4 Å². The fourth-order valence-electron chi connectivity index (χ4n) is 1.65. The van der Waals surface area contributed by atoms with Crippen molar-refractivity contribution in [2.24, 2.45) is 0 Å². The molecule has 0 aromatic carbocycles. The Bertz CT molecular complexity index is 348. The molecular weight excluding hydrogens is 256 g/mol. The Kier molecular flexibility index (Phi) is 5.46. The molecule has 7 heteroatoms. The fraction of sp³-hybridized carbons (Fsp3) is 0.727. The summed E-state index contributed by atoms with van der Waals surface area (Å²) in [6.07, 6.45) is 0.682. The largest absolute Gasteiger partial charge is 0.480 e. The maximum absolute atomic E-state index is 12.0. The van der Waals surface area contributed by atoms with Gasteiger partial charge in [0.25, 0.3) is 0 Å². The summed E-state index contributed by atoms with van der Waals surface area (Å²) < 4.78 is 0. The van der Waals surface area contributed by atoms with Gasteiger partial charge in [-0.05, 0) is 13.3 Å². The van der Waals surface area contributed by atoms with Gasteiger partial charge in [0.15, 0.2) is 0 Å². The van der Waals surface area contributed by atoms with E-state index in [1.165, 1.54) is 21.6 Å². The first-order valence-corrected chi connectivity index (χ1v) is 6.98. The van der Waals surface area contributed by atoms with Crippen LogP contribution in [0.2, 0.25) is 0 Å². The highest BCUT2D eigenvalue weighted by atomic mass is 32.2. The number of hydrogen-bond acceptors (Lipinski definition) is 4.